The van der Waals surface area contributed by atoms with E-state index in [1.807, 2.05) is 11.3 Å². The quantitative estimate of drug-likeness (QED) is 0.600. The van der Waals surface area contributed by atoms with Crippen LogP contribution in [0.25, 0.3) is 0 Å². The summed E-state index contributed by atoms with van der Waals surface area (Å²) in [7, 11) is 0. The molecular formula is C15H27NS. The second-order valence-electron chi connectivity index (χ2n) is 4.72. The van der Waals surface area contributed by atoms with Gasteiger partial charge in [0.05, 0.1) is 0 Å². The van der Waals surface area contributed by atoms with Gasteiger partial charge in [-0.15, -0.1) is 11.3 Å². The Kier molecular flexibility index (Phi) is 8.37. The molecule has 0 bridgehead atoms. The molecule has 0 spiro atoms. The number of unbranched alkanes of at least 4 members (excludes halogenated alkanes) is 2. The maximum Gasteiger partial charge on any atom is 0.00670 e. The first-order chi connectivity index (χ1) is 8.36. The van der Waals surface area contributed by atoms with E-state index in [0.717, 1.165) is 12.6 Å². The molecule has 1 atom stereocenters. The van der Waals surface area contributed by atoms with Gasteiger partial charge < -0.3 is 5.32 Å². The zero-order valence-electron chi connectivity index (χ0n) is 11.4. The highest BCUT2D eigenvalue weighted by atomic mass is 32.1. The monoisotopic (exact) mass is 253 g/mol. The molecule has 0 saturated carbocycles. The molecule has 1 nitrogen and oxygen atoms in total. The van der Waals surface area contributed by atoms with Gasteiger partial charge in [0.25, 0.3) is 0 Å². The van der Waals surface area contributed by atoms with Crippen LogP contribution in [0.2, 0.25) is 0 Å². The average molecular weight is 253 g/mol. The van der Waals surface area contributed by atoms with Gasteiger partial charge in [0.15, 0.2) is 0 Å². The zero-order chi connectivity index (χ0) is 12.3. The molecule has 1 unspecified atom stereocenters. The summed E-state index contributed by atoms with van der Waals surface area (Å²) in [6.45, 7) is 5.60. The van der Waals surface area contributed by atoms with Crippen LogP contribution < -0.4 is 5.32 Å². The summed E-state index contributed by atoms with van der Waals surface area (Å²) < 4.78 is 0. The summed E-state index contributed by atoms with van der Waals surface area (Å²) in [5.41, 5.74) is 0. The first kappa shape index (κ1) is 14.7. The Morgan fingerprint density at radius 3 is 2.65 bits per heavy atom. The van der Waals surface area contributed by atoms with Crippen molar-refractivity contribution in [2.24, 2.45) is 0 Å². The minimum Gasteiger partial charge on any atom is -0.314 e. The van der Waals surface area contributed by atoms with Gasteiger partial charge in [-0.1, -0.05) is 39.2 Å². The van der Waals surface area contributed by atoms with Gasteiger partial charge in [-0.05, 0) is 43.7 Å². The van der Waals surface area contributed by atoms with E-state index in [-0.39, 0.29) is 0 Å². The minimum absolute atomic E-state index is 0.742. The summed E-state index contributed by atoms with van der Waals surface area (Å²) in [4.78, 5) is 1.54. The summed E-state index contributed by atoms with van der Waals surface area (Å²) in [5.74, 6) is 0. The number of hydrogen-bond acceptors (Lipinski definition) is 2. The van der Waals surface area contributed by atoms with Gasteiger partial charge in [0, 0.05) is 10.9 Å². The van der Waals surface area contributed by atoms with Crippen molar-refractivity contribution in [2.75, 3.05) is 6.54 Å². The first-order valence-corrected chi connectivity index (χ1v) is 8.00. The topological polar surface area (TPSA) is 12.0 Å². The van der Waals surface area contributed by atoms with Gasteiger partial charge in [-0.25, -0.2) is 0 Å². The van der Waals surface area contributed by atoms with Crippen molar-refractivity contribution in [3.05, 3.63) is 22.4 Å². The molecule has 0 radical (unpaired) electrons. The van der Waals surface area contributed by atoms with Gasteiger partial charge >= 0.3 is 0 Å². The highest BCUT2D eigenvalue weighted by Gasteiger charge is 2.06. The Hall–Kier alpha value is -0.340. The molecule has 0 aliphatic heterocycles. The van der Waals surface area contributed by atoms with Crippen LogP contribution in [0, 0.1) is 0 Å². The molecule has 0 saturated heterocycles. The number of hydrogen-bond donors (Lipinski definition) is 1. The Morgan fingerprint density at radius 2 is 2.00 bits per heavy atom. The molecular weight excluding hydrogens is 226 g/mol. The first-order valence-electron chi connectivity index (χ1n) is 7.12. The number of thiophene rings is 1. The third-order valence-corrected chi connectivity index (χ3v) is 4.14. The second-order valence-corrected chi connectivity index (χ2v) is 5.75. The lowest BCUT2D eigenvalue weighted by atomic mass is 10.0. The fraction of sp³-hybridized carbons (Fsp3) is 0.733. The van der Waals surface area contributed by atoms with E-state index in [9.17, 15) is 0 Å². The maximum atomic E-state index is 3.63. The average Bonchev–Trinajstić information content (AvgIpc) is 2.82. The van der Waals surface area contributed by atoms with Gasteiger partial charge in [0.1, 0.15) is 0 Å². The van der Waals surface area contributed by atoms with Crippen LogP contribution in [0.15, 0.2) is 17.5 Å². The Balaban J connectivity index is 2.14. The van der Waals surface area contributed by atoms with Crippen molar-refractivity contribution < 1.29 is 0 Å². The summed E-state index contributed by atoms with van der Waals surface area (Å²) in [6.07, 6.45) is 9.35. The predicted molar refractivity (Wildman–Crippen MR) is 78.9 cm³/mol. The van der Waals surface area contributed by atoms with E-state index in [4.69, 9.17) is 0 Å². The van der Waals surface area contributed by atoms with Gasteiger partial charge in [-0.3, -0.25) is 0 Å². The number of nitrogens with one attached hydrogen (secondary N) is 1. The fourth-order valence-corrected chi connectivity index (χ4v) is 3.01. The Morgan fingerprint density at radius 1 is 1.18 bits per heavy atom. The Labute approximate surface area is 111 Å². The van der Waals surface area contributed by atoms with E-state index < -0.39 is 0 Å². The Bertz CT molecular complexity index is 256. The highest BCUT2D eigenvalue weighted by Crippen LogP contribution is 2.15. The standard InChI is InChI=1S/C15H27NS/c1-3-5-6-9-14(16-4-2)10-7-11-15-12-8-13-17-15/h8,12-14,16H,3-7,9-11H2,1-2H3. The van der Waals surface area contributed by atoms with Gasteiger partial charge in [-0.2, -0.15) is 0 Å². The van der Waals surface area contributed by atoms with Crippen molar-refractivity contribution in [3.8, 4) is 0 Å². The normalized spacial score (nSPS) is 12.8. The smallest absolute Gasteiger partial charge is 0.00670 e. The molecule has 0 fully saturated rings. The zero-order valence-corrected chi connectivity index (χ0v) is 12.2. The van der Waals surface area contributed by atoms with Crippen LogP contribution in [-0.2, 0) is 6.42 Å². The lowest BCUT2D eigenvalue weighted by Gasteiger charge is -2.17. The number of aryl methyl sites for hydroxylation is 1. The van der Waals surface area contributed by atoms with Crippen molar-refractivity contribution >= 4 is 11.3 Å². The maximum absolute atomic E-state index is 3.63. The van der Waals surface area contributed by atoms with E-state index in [2.05, 4.69) is 36.7 Å². The van der Waals surface area contributed by atoms with Crippen LogP contribution in [0.5, 0.6) is 0 Å². The van der Waals surface area contributed by atoms with Crippen LogP contribution in [0.3, 0.4) is 0 Å². The largest absolute Gasteiger partial charge is 0.314 e. The third-order valence-electron chi connectivity index (χ3n) is 3.20. The molecule has 1 rings (SSSR count). The molecule has 0 aliphatic rings. The molecule has 0 aliphatic carbocycles. The van der Waals surface area contributed by atoms with E-state index in [1.54, 1.807) is 0 Å². The van der Waals surface area contributed by atoms with E-state index in [0.29, 0.717) is 0 Å². The molecule has 1 aromatic rings. The lowest BCUT2D eigenvalue weighted by molar-refractivity contribution is 0.434. The van der Waals surface area contributed by atoms with Crippen LogP contribution >= 0.6 is 11.3 Å². The summed E-state index contributed by atoms with van der Waals surface area (Å²) in [6, 6.07) is 5.15. The summed E-state index contributed by atoms with van der Waals surface area (Å²) >= 11 is 1.89. The van der Waals surface area contributed by atoms with Crippen molar-refractivity contribution in [1.29, 1.82) is 0 Å². The van der Waals surface area contributed by atoms with Gasteiger partial charge in [0.2, 0.25) is 0 Å². The van der Waals surface area contributed by atoms with Crippen molar-refractivity contribution in [2.45, 2.75) is 64.8 Å². The van der Waals surface area contributed by atoms with Crippen LogP contribution in [-0.4, -0.2) is 12.6 Å². The summed E-state index contributed by atoms with van der Waals surface area (Å²) in [5, 5.41) is 5.80. The molecule has 1 aromatic heterocycles. The fourth-order valence-electron chi connectivity index (χ4n) is 2.26. The number of rotatable bonds is 10. The van der Waals surface area contributed by atoms with Crippen LogP contribution in [0.4, 0.5) is 0 Å². The molecule has 1 N–H and O–H groups in total. The molecule has 2 heteroatoms. The molecule has 17 heavy (non-hydrogen) atoms. The lowest BCUT2D eigenvalue weighted by Crippen LogP contribution is -2.28. The second kappa shape index (κ2) is 9.67. The van der Waals surface area contributed by atoms with E-state index in [1.165, 1.54) is 49.8 Å². The molecule has 1 heterocycles. The predicted octanol–water partition coefficient (Wildman–Crippen LogP) is 4.63. The van der Waals surface area contributed by atoms with Crippen molar-refractivity contribution in [3.63, 3.8) is 0 Å². The minimum atomic E-state index is 0.742. The highest BCUT2D eigenvalue weighted by molar-refractivity contribution is 7.09. The van der Waals surface area contributed by atoms with E-state index >= 15 is 0 Å². The molecule has 98 valence electrons. The SMILES string of the molecule is CCCCCC(CCCc1cccs1)NCC. The molecule has 0 aromatic carbocycles. The molecule has 0 amide bonds. The van der Waals surface area contributed by atoms with Crippen molar-refractivity contribution in [1.82, 2.24) is 5.32 Å². The third kappa shape index (κ3) is 6.85. The van der Waals surface area contributed by atoms with Crippen LogP contribution in [0.1, 0.15) is 57.2 Å².